The molecular weight excluding hydrogens is 436 g/mol. The Morgan fingerprint density at radius 1 is 1.19 bits per heavy atom. The quantitative estimate of drug-likeness (QED) is 0.489. The summed E-state index contributed by atoms with van der Waals surface area (Å²) in [5, 5.41) is 26.9. The van der Waals surface area contributed by atoms with Gasteiger partial charge in [-0.25, -0.2) is 4.79 Å². The van der Waals surface area contributed by atoms with E-state index in [9.17, 15) is 24.6 Å². The van der Waals surface area contributed by atoms with Gasteiger partial charge >= 0.3 is 5.69 Å². The van der Waals surface area contributed by atoms with E-state index < -0.39 is 28.9 Å². The number of amides is 1. The number of nitrogens with one attached hydrogen (secondary N) is 1. The molecule has 1 atom stereocenters. The van der Waals surface area contributed by atoms with Crippen LogP contribution in [0.15, 0.2) is 64.3 Å². The molecule has 0 saturated carbocycles. The summed E-state index contributed by atoms with van der Waals surface area (Å²) < 4.78 is 1.80. The van der Waals surface area contributed by atoms with Crippen LogP contribution >= 0.6 is 11.6 Å². The molecule has 2 aromatic carbocycles. The highest BCUT2D eigenvalue weighted by atomic mass is 35.5. The van der Waals surface area contributed by atoms with E-state index in [1.54, 1.807) is 24.3 Å². The summed E-state index contributed by atoms with van der Waals surface area (Å²) in [6.45, 7) is 2.67. The maximum absolute atomic E-state index is 12.8. The Bertz CT molecular complexity index is 1230. The van der Waals surface area contributed by atoms with Crippen molar-refractivity contribution in [1.82, 2.24) is 19.7 Å². The molecule has 3 aromatic rings. The predicted molar refractivity (Wildman–Crippen MR) is 119 cm³/mol. The summed E-state index contributed by atoms with van der Waals surface area (Å²) in [6, 6.07) is 13.1. The first-order chi connectivity index (χ1) is 15.1. The molecule has 1 aromatic heterocycles. The van der Waals surface area contributed by atoms with Gasteiger partial charge in [0, 0.05) is 6.54 Å². The van der Waals surface area contributed by atoms with Crippen LogP contribution in [0.4, 0.5) is 0 Å². The van der Waals surface area contributed by atoms with E-state index in [4.69, 9.17) is 11.6 Å². The first kappa shape index (κ1) is 23.4. The lowest BCUT2D eigenvalue weighted by Gasteiger charge is -2.18. The molecule has 0 spiro atoms. The van der Waals surface area contributed by atoms with Crippen molar-refractivity contribution < 1.29 is 15.0 Å². The number of halogens is 1. The minimum Gasteiger partial charge on any atom is -0.389 e. The third-order valence-electron chi connectivity index (χ3n) is 4.59. The molecule has 0 aliphatic heterocycles. The largest absolute Gasteiger partial charge is 0.389 e. The number of carbonyl (C=O) groups excluding carboxylic acids is 1. The van der Waals surface area contributed by atoms with Crippen molar-refractivity contribution in [3.8, 4) is 5.69 Å². The van der Waals surface area contributed by atoms with E-state index in [1.165, 1.54) is 32.0 Å². The van der Waals surface area contributed by atoms with Crippen LogP contribution in [-0.2, 0) is 6.54 Å². The van der Waals surface area contributed by atoms with Crippen LogP contribution in [0.2, 0.25) is 5.02 Å². The molecule has 0 radical (unpaired) electrons. The van der Waals surface area contributed by atoms with Crippen LogP contribution in [0.3, 0.4) is 0 Å². The van der Waals surface area contributed by atoms with E-state index in [0.29, 0.717) is 5.56 Å². The standard InChI is InChI=1S/C22H23ClN4O5/c1-22(2,32)13-26-19(29)12-25-27(21(26)31)15-8-9-17(23)16(10-15)20(30)24-11-18(28)14-6-4-3-5-7-14/h3-10,12,18,28,32H,11,13H2,1-2H3,(H,24,30). The van der Waals surface area contributed by atoms with Gasteiger partial charge in [-0.05, 0) is 37.6 Å². The molecule has 9 nitrogen and oxygen atoms in total. The van der Waals surface area contributed by atoms with Gasteiger partial charge in [-0.1, -0.05) is 41.9 Å². The van der Waals surface area contributed by atoms with Crippen LogP contribution < -0.4 is 16.6 Å². The summed E-state index contributed by atoms with van der Waals surface area (Å²) in [7, 11) is 0. The van der Waals surface area contributed by atoms with Crippen LogP contribution in [0.5, 0.6) is 0 Å². The smallest absolute Gasteiger partial charge is 0.352 e. The van der Waals surface area contributed by atoms with Gasteiger partial charge in [0.2, 0.25) is 0 Å². The van der Waals surface area contributed by atoms with E-state index in [0.717, 1.165) is 15.4 Å². The second-order valence-electron chi connectivity index (χ2n) is 7.88. The van der Waals surface area contributed by atoms with Crippen LogP contribution in [0.1, 0.15) is 35.9 Å². The number of carbonyl (C=O) groups is 1. The number of benzene rings is 2. The Kier molecular flexibility index (Phi) is 6.93. The summed E-state index contributed by atoms with van der Waals surface area (Å²) in [4.78, 5) is 37.5. The Morgan fingerprint density at radius 2 is 1.88 bits per heavy atom. The Labute approximate surface area is 188 Å². The molecule has 0 bridgehead atoms. The summed E-state index contributed by atoms with van der Waals surface area (Å²) in [5.41, 5.74) is -1.80. The molecule has 1 amide bonds. The topological polar surface area (TPSA) is 126 Å². The fourth-order valence-corrected chi connectivity index (χ4v) is 3.24. The number of aliphatic hydroxyl groups excluding tert-OH is 1. The SMILES string of the molecule is CC(C)(O)Cn1c(=O)cnn(-c2ccc(Cl)c(C(=O)NCC(O)c3ccccc3)c2)c1=O. The van der Waals surface area contributed by atoms with Gasteiger partial charge in [-0.15, -0.1) is 0 Å². The molecule has 0 aliphatic carbocycles. The highest BCUT2D eigenvalue weighted by Crippen LogP contribution is 2.19. The van der Waals surface area contributed by atoms with Gasteiger partial charge < -0.3 is 15.5 Å². The van der Waals surface area contributed by atoms with Crippen LogP contribution in [0, 0.1) is 0 Å². The lowest BCUT2D eigenvalue weighted by Crippen LogP contribution is -2.44. The molecule has 32 heavy (non-hydrogen) atoms. The number of hydrogen-bond acceptors (Lipinski definition) is 6. The van der Waals surface area contributed by atoms with Crippen molar-refractivity contribution in [2.75, 3.05) is 6.54 Å². The van der Waals surface area contributed by atoms with Crippen LogP contribution in [-0.4, -0.2) is 42.6 Å². The average molecular weight is 459 g/mol. The van der Waals surface area contributed by atoms with E-state index in [1.807, 2.05) is 6.07 Å². The number of rotatable bonds is 7. The number of hydrogen-bond donors (Lipinski definition) is 3. The Hall–Kier alpha value is -3.27. The summed E-state index contributed by atoms with van der Waals surface area (Å²) in [6.07, 6.45) is 0.0503. The Morgan fingerprint density at radius 3 is 2.53 bits per heavy atom. The Balaban J connectivity index is 1.87. The lowest BCUT2D eigenvalue weighted by molar-refractivity contribution is 0.0585. The molecule has 1 unspecified atom stereocenters. The van der Waals surface area contributed by atoms with Crippen molar-refractivity contribution in [3.63, 3.8) is 0 Å². The zero-order chi connectivity index (χ0) is 23.5. The normalized spacial score (nSPS) is 12.4. The van der Waals surface area contributed by atoms with Gasteiger partial charge in [0.1, 0.15) is 6.20 Å². The molecule has 0 aliphatic rings. The van der Waals surface area contributed by atoms with Crippen molar-refractivity contribution in [2.45, 2.75) is 32.1 Å². The minimum atomic E-state index is -1.30. The van der Waals surface area contributed by atoms with E-state index in [2.05, 4.69) is 10.4 Å². The van der Waals surface area contributed by atoms with Crippen molar-refractivity contribution in [2.24, 2.45) is 0 Å². The maximum atomic E-state index is 12.8. The molecule has 3 rings (SSSR count). The van der Waals surface area contributed by atoms with Gasteiger partial charge in [-0.3, -0.25) is 14.2 Å². The van der Waals surface area contributed by atoms with Crippen molar-refractivity contribution >= 4 is 17.5 Å². The van der Waals surface area contributed by atoms with Gasteiger partial charge in [0.25, 0.3) is 11.5 Å². The zero-order valence-corrected chi connectivity index (χ0v) is 18.3. The number of aromatic nitrogens is 3. The molecule has 1 heterocycles. The second-order valence-corrected chi connectivity index (χ2v) is 8.28. The predicted octanol–water partition coefficient (Wildman–Crippen LogP) is 1.28. The molecular formula is C22H23ClN4O5. The average Bonchev–Trinajstić information content (AvgIpc) is 2.75. The first-order valence-corrected chi connectivity index (χ1v) is 10.2. The van der Waals surface area contributed by atoms with Gasteiger partial charge in [0.05, 0.1) is 34.5 Å². The fraction of sp³-hybridized carbons (Fsp3) is 0.273. The molecule has 3 N–H and O–H groups in total. The fourth-order valence-electron chi connectivity index (χ4n) is 3.04. The molecule has 0 fully saturated rings. The van der Waals surface area contributed by atoms with Gasteiger partial charge in [0.15, 0.2) is 0 Å². The highest BCUT2D eigenvalue weighted by Gasteiger charge is 2.19. The second kappa shape index (κ2) is 9.47. The van der Waals surface area contributed by atoms with Crippen molar-refractivity contribution in [1.29, 1.82) is 0 Å². The van der Waals surface area contributed by atoms with Crippen LogP contribution in [0.25, 0.3) is 5.69 Å². The minimum absolute atomic E-state index is 0.0436. The first-order valence-electron chi connectivity index (χ1n) is 9.79. The lowest BCUT2D eigenvalue weighted by atomic mass is 10.1. The monoisotopic (exact) mass is 458 g/mol. The molecule has 168 valence electrons. The summed E-state index contributed by atoms with van der Waals surface area (Å²) in [5.74, 6) is -0.551. The highest BCUT2D eigenvalue weighted by molar-refractivity contribution is 6.33. The third kappa shape index (κ3) is 5.50. The molecule has 0 saturated heterocycles. The van der Waals surface area contributed by atoms with Crippen molar-refractivity contribution in [3.05, 3.63) is 91.7 Å². The number of aliphatic hydroxyl groups is 2. The van der Waals surface area contributed by atoms with E-state index in [-0.39, 0.29) is 29.4 Å². The third-order valence-corrected chi connectivity index (χ3v) is 4.92. The molecule has 10 heteroatoms. The van der Waals surface area contributed by atoms with E-state index >= 15 is 0 Å². The number of nitrogens with zero attached hydrogens (tertiary/aromatic N) is 3. The maximum Gasteiger partial charge on any atom is 0.352 e. The summed E-state index contributed by atoms with van der Waals surface area (Å²) >= 11 is 6.17. The van der Waals surface area contributed by atoms with Gasteiger partial charge in [-0.2, -0.15) is 9.78 Å². The zero-order valence-electron chi connectivity index (χ0n) is 17.5.